The summed E-state index contributed by atoms with van der Waals surface area (Å²) < 4.78 is 0. The van der Waals surface area contributed by atoms with Crippen LogP contribution in [0.15, 0.2) is 0 Å². The van der Waals surface area contributed by atoms with Crippen molar-refractivity contribution >= 4 is 11.8 Å². The minimum Gasteiger partial charge on any atom is -0.396 e. The zero-order chi connectivity index (χ0) is 11.9. The molecule has 100 valence electrons. The summed E-state index contributed by atoms with van der Waals surface area (Å²) in [6.07, 6.45) is 3.70. The van der Waals surface area contributed by atoms with Crippen molar-refractivity contribution in [3.63, 3.8) is 0 Å². The summed E-state index contributed by atoms with van der Waals surface area (Å²) in [5, 5.41) is 9.10. The van der Waals surface area contributed by atoms with Crippen LogP contribution in [-0.4, -0.2) is 72.3 Å². The third-order valence-electron chi connectivity index (χ3n) is 4.02. The van der Waals surface area contributed by atoms with Crippen molar-refractivity contribution in [2.45, 2.75) is 19.3 Å². The number of piperidine rings is 1. The molecule has 2 heterocycles. The first-order valence-electron chi connectivity index (χ1n) is 7.02. The van der Waals surface area contributed by atoms with Gasteiger partial charge in [-0.2, -0.15) is 11.8 Å². The van der Waals surface area contributed by atoms with E-state index < -0.39 is 0 Å². The highest BCUT2D eigenvalue weighted by Gasteiger charge is 2.18. The number of likely N-dealkylation sites (tertiary alicyclic amines) is 1. The third-order valence-corrected chi connectivity index (χ3v) is 4.96. The van der Waals surface area contributed by atoms with E-state index >= 15 is 0 Å². The molecule has 0 spiro atoms. The topological polar surface area (TPSA) is 26.7 Å². The molecule has 2 aliphatic rings. The Morgan fingerprint density at radius 1 is 0.941 bits per heavy atom. The maximum Gasteiger partial charge on any atom is 0.0460 e. The Morgan fingerprint density at radius 2 is 1.53 bits per heavy atom. The van der Waals surface area contributed by atoms with Crippen LogP contribution in [0.5, 0.6) is 0 Å². The van der Waals surface area contributed by atoms with Gasteiger partial charge in [0.25, 0.3) is 0 Å². The Morgan fingerprint density at radius 3 is 2.12 bits per heavy atom. The molecule has 0 aromatic carbocycles. The van der Waals surface area contributed by atoms with Crippen molar-refractivity contribution in [1.82, 2.24) is 9.80 Å². The number of nitrogens with zero attached hydrogens (tertiary/aromatic N) is 2. The van der Waals surface area contributed by atoms with Gasteiger partial charge in [-0.05, 0) is 51.4 Å². The first-order valence-corrected chi connectivity index (χ1v) is 8.17. The number of thioether (sulfide) groups is 1. The van der Waals surface area contributed by atoms with Crippen LogP contribution in [-0.2, 0) is 0 Å². The molecule has 0 saturated carbocycles. The predicted octanol–water partition coefficient (Wildman–Crippen LogP) is 1.13. The van der Waals surface area contributed by atoms with Crippen LogP contribution in [0.4, 0.5) is 0 Å². The van der Waals surface area contributed by atoms with E-state index in [1.165, 1.54) is 70.0 Å². The van der Waals surface area contributed by atoms with E-state index in [0.717, 1.165) is 0 Å². The van der Waals surface area contributed by atoms with E-state index in [4.69, 9.17) is 5.11 Å². The Labute approximate surface area is 110 Å². The van der Waals surface area contributed by atoms with Crippen LogP contribution in [0.25, 0.3) is 0 Å². The van der Waals surface area contributed by atoms with Gasteiger partial charge < -0.3 is 14.9 Å². The quantitative estimate of drug-likeness (QED) is 0.800. The van der Waals surface area contributed by atoms with E-state index in [1.54, 1.807) is 0 Å². The first-order chi connectivity index (χ1) is 8.38. The van der Waals surface area contributed by atoms with Gasteiger partial charge >= 0.3 is 0 Å². The first kappa shape index (κ1) is 13.7. The number of hydrogen-bond acceptors (Lipinski definition) is 4. The molecular formula is C13H26N2OS. The standard InChI is InChI=1S/C13H26N2OS/c16-12-13-2-6-14(7-3-13)4-1-5-15-8-10-17-11-9-15/h13,16H,1-12H2. The van der Waals surface area contributed by atoms with Gasteiger partial charge in [0.1, 0.15) is 0 Å². The van der Waals surface area contributed by atoms with Gasteiger partial charge in [0.2, 0.25) is 0 Å². The summed E-state index contributed by atoms with van der Waals surface area (Å²) in [4.78, 5) is 5.18. The minimum absolute atomic E-state index is 0.388. The van der Waals surface area contributed by atoms with Crippen molar-refractivity contribution in [2.24, 2.45) is 5.92 Å². The van der Waals surface area contributed by atoms with Gasteiger partial charge in [-0.3, -0.25) is 0 Å². The zero-order valence-electron chi connectivity index (χ0n) is 10.8. The van der Waals surface area contributed by atoms with Crippen LogP contribution >= 0.6 is 11.8 Å². The molecule has 2 rings (SSSR count). The van der Waals surface area contributed by atoms with Crippen molar-refractivity contribution in [3.8, 4) is 0 Å². The van der Waals surface area contributed by atoms with Gasteiger partial charge in [0.05, 0.1) is 0 Å². The zero-order valence-corrected chi connectivity index (χ0v) is 11.6. The molecule has 2 aliphatic heterocycles. The number of aliphatic hydroxyl groups excluding tert-OH is 1. The summed E-state index contributed by atoms with van der Waals surface area (Å²) in [5.41, 5.74) is 0. The van der Waals surface area contributed by atoms with Crippen LogP contribution in [0.1, 0.15) is 19.3 Å². The Balaban J connectivity index is 1.53. The van der Waals surface area contributed by atoms with Crippen LogP contribution in [0.3, 0.4) is 0 Å². The summed E-state index contributed by atoms with van der Waals surface area (Å²) in [7, 11) is 0. The summed E-state index contributed by atoms with van der Waals surface area (Å²) in [6, 6.07) is 0. The van der Waals surface area contributed by atoms with Crippen molar-refractivity contribution in [1.29, 1.82) is 0 Å². The van der Waals surface area contributed by atoms with Gasteiger partial charge in [-0.1, -0.05) is 0 Å². The Bertz CT molecular complexity index is 202. The Kier molecular flexibility index (Phi) is 6.12. The van der Waals surface area contributed by atoms with Crippen LogP contribution in [0, 0.1) is 5.92 Å². The largest absolute Gasteiger partial charge is 0.396 e. The monoisotopic (exact) mass is 258 g/mol. The van der Waals surface area contributed by atoms with Gasteiger partial charge in [-0.25, -0.2) is 0 Å². The number of hydrogen-bond donors (Lipinski definition) is 1. The molecule has 0 bridgehead atoms. The number of rotatable bonds is 5. The molecule has 0 aromatic heterocycles. The van der Waals surface area contributed by atoms with Gasteiger partial charge in [0, 0.05) is 31.2 Å². The summed E-state index contributed by atoms with van der Waals surface area (Å²) >= 11 is 2.09. The lowest BCUT2D eigenvalue weighted by atomic mass is 9.98. The number of aliphatic hydroxyl groups is 1. The van der Waals surface area contributed by atoms with Crippen LogP contribution < -0.4 is 0 Å². The smallest absolute Gasteiger partial charge is 0.0460 e. The molecule has 17 heavy (non-hydrogen) atoms. The second kappa shape index (κ2) is 7.62. The summed E-state index contributed by atoms with van der Waals surface area (Å²) in [6.45, 7) is 7.89. The van der Waals surface area contributed by atoms with E-state index in [9.17, 15) is 0 Å². The minimum atomic E-state index is 0.388. The normalized spacial score (nSPS) is 25.2. The second-order valence-corrected chi connectivity index (χ2v) is 6.50. The highest BCUT2D eigenvalue weighted by molar-refractivity contribution is 7.99. The molecule has 4 heteroatoms. The molecule has 0 aliphatic carbocycles. The van der Waals surface area contributed by atoms with E-state index in [1.807, 2.05) is 0 Å². The predicted molar refractivity (Wildman–Crippen MR) is 74.6 cm³/mol. The molecule has 0 aromatic rings. The van der Waals surface area contributed by atoms with Crippen molar-refractivity contribution in [3.05, 3.63) is 0 Å². The van der Waals surface area contributed by atoms with E-state index in [0.29, 0.717) is 12.5 Å². The Hall–Kier alpha value is 0.230. The second-order valence-electron chi connectivity index (χ2n) is 5.28. The molecule has 0 radical (unpaired) electrons. The van der Waals surface area contributed by atoms with Crippen molar-refractivity contribution < 1.29 is 5.11 Å². The lowest BCUT2D eigenvalue weighted by Gasteiger charge is -2.32. The van der Waals surface area contributed by atoms with Gasteiger partial charge in [-0.15, -0.1) is 0 Å². The molecule has 1 N–H and O–H groups in total. The third kappa shape index (κ3) is 4.78. The molecule has 3 nitrogen and oxygen atoms in total. The molecule has 0 unspecified atom stereocenters. The molecule has 0 atom stereocenters. The average molecular weight is 258 g/mol. The fourth-order valence-corrected chi connectivity index (χ4v) is 3.71. The maximum absolute atomic E-state index is 9.10. The molecule has 0 amide bonds. The maximum atomic E-state index is 9.10. The van der Waals surface area contributed by atoms with E-state index in [2.05, 4.69) is 21.6 Å². The van der Waals surface area contributed by atoms with Crippen LogP contribution in [0.2, 0.25) is 0 Å². The molecular weight excluding hydrogens is 232 g/mol. The molecule has 2 fully saturated rings. The fourth-order valence-electron chi connectivity index (χ4n) is 2.74. The molecule has 2 saturated heterocycles. The summed E-state index contributed by atoms with van der Waals surface area (Å²) in [5.74, 6) is 3.22. The van der Waals surface area contributed by atoms with Gasteiger partial charge in [0.15, 0.2) is 0 Å². The van der Waals surface area contributed by atoms with E-state index in [-0.39, 0.29) is 0 Å². The average Bonchev–Trinajstić information content (AvgIpc) is 2.41. The lowest BCUT2D eigenvalue weighted by Crippen LogP contribution is -2.38. The highest BCUT2D eigenvalue weighted by atomic mass is 32.2. The lowest BCUT2D eigenvalue weighted by molar-refractivity contribution is 0.127. The highest BCUT2D eigenvalue weighted by Crippen LogP contribution is 2.16. The fraction of sp³-hybridized carbons (Fsp3) is 1.00. The van der Waals surface area contributed by atoms with Crippen molar-refractivity contribution in [2.75, 3.05) is 57.4 Å². The SMILES string of the molecule is OCC1CCN(CCCN2CCSCC2)CC1.